The minimum Gasteiger partial charge on any atom is -0.478 e. The molecule has 2 nitrogen and oxygen atoms in total. The van der Waals surface area contributed by atoms with Gasteiger partial charge in [0.1, 0.15) is 0 Å². The molecule has 1 aliphatic carbocycles. The molecule has 2 heteroatoms. The maximum atomic E-state index is 10.8. The quantitative estimate of drug-likeness (QED) is 0.735. The van der Waals surface area contributed by atoms with E-state index in [4.69, 9.17) is 5.11 Å². The van der Waals surface area contributed by atoms with Crippen molar-refractivity contribution in [2.45, 2.75) is 58.8 Å². The number of carboxylic acid groups (broad SMARTS) is 1. The van der Waals surface area contributed by atoms with E-state index in [1.165, 1.54) is 44.9 Å². The molecule has 1 rings (SSSR count). The van der Waals surface area contributed by atoms with E-state index in [0.717, 1.165) is 5.92 Å². The first-order valence-electron chi connectivity index (χ1n) is 6.55. The van der Waals surface area contributed by atoms with Crippen LogP contribution in [-0.2, 0) is 4.79 Å². The summed E-state index contributed by atoms with van der Waals surface area (Å²) in [5.74, 6) is 0.514. The topological polar surface area (TPSA) is 37.3 Å². The summed E-state index contributed by atoms with van der Waals surface area (Å²) in [7, 11) is 0. The van der Waals surface area contributed by atoms with Gasteiger partial charge >= 0.3 is 5.97 Å². The first kappa shape index (κ1) is 13.3. The standard InChI is InChI=1S/C14H24O2/c1-3-12-7-5-4-6-8-13(10-12)9-11(2)14(15)16/h9,12-13H,3-8,10H2,1-2H3,(H,15,16). The molecular formula is C14H24O2. The van der Waals surface area contributed by atoms with Gasteiger partial charge in [0.15, 0.2) is 0 Å². The molecule has 1 fully saturated rings. The van der Waals surface area contributed by atoms with Crippen molar-refractivity contribution in [2.24, 2.45) is 11.8 Å². The average Bonchev–Trinajstić information content (AvgIpc) is 2.21. The molecule has 0 amide bonds. The smallest absolute Gasteiger partial charge is 0.330 e. The van der Waals surface area contributed by atoms with Crippen LogP contribution in [0.25, 0.3) is 0 Å². The molecule has 92 valence electrons. The predicted octanol–water partition coefficient (Wildman–Crippen LogP) is 4.01. The normalized spacial score (nSPS) is 28.2. The van der Waals surface area contributed by atoms with Crippen LogP contribution in [0, 0.1) is 11.8 Å². The van der Waals surface area contributed by atoms with Crippen molar-refractivity contribution >= 4 is 5.97 Å². The lowest BCUT2D eigenvalue weighted by Gasteiger charge is -2.23. The van der Waals surface area contributed by atoms with Crippen molar-refractivity contribution in [1.82, 2.24) is 0 Å². The Morgan fingerprint density at radius 2 is 2.00 bits per heavy atom. The van der Waals surface area contributed by atoms with Crippen molar-refractivity contribution < 1.29 is 9.90 Å². The predicted molar refractivity (Wildman–Crippen MR) is 66.4 cm³/mol. The van der Waals surface area contributed by atoms with Gasteiger partial charge in [0, 0.05) is 5.57 Å². The highest BCUT2D eigenvalue weighted by molar-refractivity contribution is 5.85. The third-order valence-corrected chi connectivity index (χ3v) is 3.72. The van der Waals surface area contributed by atoms with Crippen molar-refractivity contribution in [3.63, 3.8) is 0 Å². The summed E-state index contributed by atoms with van der Waals surface area (Å²) >= 11 is 0. The molecule has 0 radical (unpaired) electrons. The Morgan fingerprint density at radius 3 is 2.62 bits per heavy atom. The molecule has 0 spiro atoms. The van der Waals surface area contributed by atoms with Gasteiger partial charge in [-0.3, -0.25) is 0 Å². The zero-order valence-corrected chi connectivity index (χ0v) is 10.5. The largest absolute Gasteiger partial charge is 0.478 e. The Hall–Kier alpha value is -0.790. The summed E-state index contributed by atoms with van der Waals surface area (Å²) < 4.78 is 0. The Bertz CT molecular complexity index is 255. The van der Waals surface area contributed by atoms with E-state index in [2.05, 4.69) is 6.92 Å². The van der Waals surface area contributed by atoms with Gasteiger partial charge in [-0.05, 0) is 31.6 Å². The highest BCUT2D eigenvalue weighted by Gasteiger charge is 2.17. The minimum atomic E-state index is -0.768. The summed E-state index contributed by atoms with van der Waals surface area (Å²) in [5, 5.41) is 8.89. The number of carboxylic acids is 1. The SMILES string of the molecule is CCC1CCCCCC(C=C(C)C(=O)O)C1. The monoisotopic (exact) mass is 224 g/mol. The molecule has 0 heterocycles. The second-order valence-electron chi connectivity index (χ2n) is 5.06. The summed E-state index contributed by atoms with van der Waals surface area (Å²) in [4.78, 5) is 10.8. The zero-order valence-electron chi connectivity index (χ0n) is 10.5. The van der Waals surface area contributed by atoms with Crippen LogP contribution in [0.3, 0.4) is 0 Å². The lowest BCUT2D eigenvalue weighted by molar-refractivity contribution is -0.132. The van der Waals surface area contributed by atoms with Crippen molar-refractivity contribution in [1.29, 1.82) is 0 Å². The number of carbonyl (C=O) groups is 1. The average molecular weight is 224 g/mol. The number of hydrogen-bond donors (Lipinski definition) is 1. The number of aliphatic carboxylic acids is 1. The highest BCUT2D eigenvalue weighted by Crippen LogP contribution is 2.30. The zero-order chi connectivity index (χ0) is 12.0. The molecule has 2 atom stereocenters. The Kier molecular flexibility index (Phi) is 5.58. The third-order valence-electron chi connectivity index (χ3n) is 3.72. The van der Waals surface area contributed by atoms with Gasteiger partial charge in [0.25, 0.3) is 0 Å². The van der Waals surface area contributed by atoms with Gasteiger partial charge in [0.05, 0.1) is 0 Å². The van der Waals surface area contributed by atoms with Crippen LogP contribution >= 0.6 is 0 Å². The first-order chi connectivity index (χ1) is 7.63. The van der Waals surface area contributed by atoms with Gasteiger partial charge < -0.3 is 5.11 Å². The van der Waals surface area contributed by atoms with E-state index >= 15 is 0 Å². The number of hydrogen-bond acceptors (Lipinski definition) is 1. The second-order valence-corrected chi connectivity index (χ2v) is 5.06. The Morgan fingerprint density at radius 1 is 1.31 bits per heavy atom. The highest BCUT2D eigenvalue weighted by atomic mass is 16.4. The fourth-order valence-electron chi connectivity index (χ4n) is 2.63. The molecular weight excluding hydrogens is 200 g/mol. The number of allylic oxidation sites excluding steroid dienone is 1. The summed E-state index contributed by atoms with van der Waals surface area (Å²) in [6.07, 6.45) is 10.8. The van der Waals surface area contributed by atoms with Crippen molar-refractivity contribution in [2.75, 3.05) is 0 Å². The maximum absolute atomic E-state index is 10.8. The van der Waals surface area contributed by atoms with E-state index in [1.807, 2.05) is 6.08 Å². The lowest BCUT2D eigenvalue weighted by atomic mass is 9.82. The van der Waals surface area contributed by atoms with Gasteiger partial charge in [-0.2, -0.15) is 0 Å². The molecule has 16 heavy (non-hydrogen) atoms. The Labute approximate surface area is 98.7 Å². The minimum absolute atomic E-state index is 0.487. The van der Waals surface area contributed by atoms with Crippen molar-refractivity contribution in [3.05, 3.63) is 11.6 Å². The molecule has 0 aromatic heterocycles. The molecule has 1 saturated carbocycles. The van der Waals surface area contributed by atoms with Crippen LogP contribution < -0.4 is 0 Å². The summed E-state index contributed by atoms with van der Waals surface area (Å²) in [6, 6.07) is 0. The van der Waals surface area contributed by atoms with Crippen molar-refractivity contribution in [3.8, 4) is 0 Å². The Balaban J connectivity index is 2.61. The summed E-state index contributed by atoms with van der Waals surface area (Å²) in [6.45, 7) is 3.96. The van der Waals surface area contributed by atoms with Crippen LogP contribution in [0.2, 0.25) is 0 Å². The molecule has 0 bridgehead atoms. The molecule has 2 unspecified atom stereocenters. The first-order valence-corrected chi connectivity index (χ1v) is 6.55. The van der Waals surface area contributed by atoms with Gasteiger partial charge in [-0.1, -0.05) is 45.1 Å². The second kappa shape index (κ2) is 6.72. The third kappa shape index (κ3) is 4.38. The number of rotatable bonds is 3. The van der Waals surface area contributed by atoms with E-state index in [0.29, 0.717) is 11.5 Å². The fourth-order valence-corrected chi connectivity index (χ4v) is 2.63. The molecule has 0 aliphatic heterocycles. The van der Waals surface area contributed by atoms with Crippen LogP contribution in [0.1, 0.15) is 58.8 Å². The fraction of sp³-hybridized carbons (Fsp3) is 0.786. The van der Waals surface area contributed by atoms with Crippen LogP contribution in [0.5, 0.6) is 0 Å². The van der Waals surface area contributed by atoms with E-state index < -0.39 is 5.97 Å². The molecule has 1 aliphatic rings. The molecule has 0 saturated heterocycles. The van der Waals surface area contributed by atoms with Gasteiger partial charge in [-0.25, -0.2) is 4.79 Å². The van der Waals surface area contributed by atoms with E-state index in [-0.39, 0.29) is 0 Å². The van der Waals surface area contributed by atoms with E-state index in [9.17, 15) is 4.79 Å². The molecule has 0 aromatic rings. The molecule has 0 aromatic carbocycles. The van der Waals surface area contributed by atoms with E-state index in [1.54, 1.807) is 6.92 Å². The molecule has 1 N–H and O–H groups in total. The van der Waals surface area contributed by atoms with Crippen LogP contribution in [-0.4, -0.2) is 11.1 Å². The van der Waals surface area contributed by atoms with Crippen LogP contribution in [0.15, 0.2) is 11.6 Å². The van der Waals surface area contributed by atoms with Crippen LogP contribution in [0.4, 0.5) is 0 Å². The summed E-state index contributed by atoms with van der Waals surface area (Å²) in [5.41, 5.74) is 0.514. The van der Waals surface area contributed by atoms with Gasteiger partial charge in [-0.15, -0.1) is 0 Å². The maximum Gasteiger partial charge on any atom is 0.330 e. The lowest BCUT2D eigenvalue weighted by Crippen LogP contribution is -2.11. The van der Waals surface area contributed by atoms with Gasteiger partial charge in [0.2, 0.25) is 0 Å².